The van der Waals surface area contributed by atoms with Crippen molar-refractivity contribution in [2.24, 2.45) is 0 Å². The Labute approximate surface area is 118 Å². The molecule has 0 heterocycles. The van der Waals surface area contributed by atoms with Crippen molar-refractivity contribution in [2.75, 3.05) is 0 Å². The smallest absolute Gasteiger partial charge is 0.335 e. The van der Waals surface area contributed by atoms with E-state index in [2.05, 4.69) is 6.92 Å². The van der Waals surface area contributed by atoms with Crippen LogP contribution >= 0.6 is 0 Å². The van der Waals surface area contributed by atoms with Gasteiger partial charge in [-0.05, 0) is 6.42 Å². The predicted octanol–water partition coefficient (Wildman–Crippen LogP) is -0.764. The zero-order valence-electron chi connectivity index (χ0n) is 11.7. The quantitative estimate of drug-likeness (QED) is 0.275. The van der Waals surface area contributed by atoms with Gasteiger partial charge in [0.2, 0.25) is 0 Å². The van der Waals surface area contributed by atoms with E-state index in [0.29, 0.717) is 6.42 Å². The molecule has 6 N–H and O–H groups in total. The molecular weight excluding hydrogens is 268 g/mol. The zero-order chi connectivity index (χ0) is 15.7. The molecule has 0 fully saturated rings. The molecular formula is C13H26O7. The first-order valence-corrected chi connectivity index (χ1v) is 6.96. The standard InChI is InChI=1S/C13H26O7/c1-2-3-4-5-6-7-8(14)9(15)10(16)11(17)12(18)13(19)20/h8-12,14-18H,2-7H2,1H3,(H,19,20)/t8?,9-,10-,11+,12-/m1/s1. The van der Waals surface area contributed by atoms with Crippen molar-refractivity contribution in [3.05, 3.63) is 0 Å². The van der Waals surface area contributed by atoms with Crippen molar-refractivity contribution < 1.29 is 35.4 Å². The van der Waals surface area contributed by atoms with E-state index in [1.165, 1.54) is 0 Å². The summed E-state index contributed by atoms with van der Waals surface area (Å²) in [4.78, 5) is 10.4. The molecule has 7 heteroatoms. The van der Waals surface area contributed by atoms with Crippen LogP contribution in [0.25, 0.3) is 0 Å². The van der Waals surface area contributed by atoms with Gasteiger partial charge in [-0.3, -0.25) is 0 Å². The molecule has 7 nitrogen and oxygen atoms in total. The third-order valence-corrected chi connectivity index (χ3v) is 3.27. The summed E-state index contributed by atoms with van der Waals surface area (Å²) in [7, 11) is 0. The Kier molecular flexibility index (Phi) is 9.70. The summed E-state index contributed by atoms with van der Waals surface area (Å²) >= 11 is 0. The van der Waals surface area contributed by atoms with E-state index in [4.69, 9.17) is 10.2 Å². The van der Waals surface area contributed by atoms with Crippen molar-refractivity contribution in [2.45, 2.75) is 76.0 Å². The summed E-state index contributed by atoms with van der Waals surface area (Å²) in [6, 6.07) is 0. The molecule has 0 aliphatic heterocycles. The average Bonchev–Trinajstić information content (AvgIpc) is 2.43. The normalized spacial score (nSPS) is 19.1. The number of aliphatic carboxylic acids is 1. The van der Waals surface area contributed by atoms with Gasteiger partial charge in [-0.25, -0.2) is 4.79 Å². The summed E-state index contributed by atoms with van der Waals surface area (Å²) in [6.07, 6.45) is -4.21. The zero-order valence-corrected chi connectivity index (χ0v) is 11.7. The lowest BCUT2D eigenvalue weighted by atomic mass is 9.96. The lowest BCUT2D eigenvalue weighted by molar-refractivity contribution is -0.168. The first-order valence-electron chi connectivity index (χ1n) is 6.96. The minimum absolute atomic E-state index is 0.234. The van der Waals surface area contributed by atoms with Gasteiger partial charge >= 0.3 is 5.97 Å². The average molecular weight is 294 g/mol. The highest BCUT2D eigenvalue weighted by atomic mass is 16.4. The molecule has 0 aliphatic rings. The van der Waals surface area contributed by atoms with E-state index in [1.54, 1.807) is 0 Å². The molecule has 120 valence electrons. The number of rotatable bonds is 11. The van der Waals surface area contributed by atoms with Crippen LogP contribution in [0.2, 0.25) is 0 Å². The number of unbranched alkanes of at least 4 members (excludes halogenated alkanes) is 4. The SMILES string of the molecule is CCCCCCCC(O)[C@@H](O)[C@@H](O)[C@H](O)[C@@H](O)C(=O)O. The van der Waals surface area contributed by atoms with E-state index in [-0.39, 0.29) is 6.42 Å². The molecule has 0 saturated carbocycles. The topological polar surface area (TPSA) is 138 Å². The molecule has 0 saturated heterocycles. The monoisotopic (exact) mass is 294 g/mol. The fraction of sp³-hybridized carbons (Fsp3) is 0.923. The number of hydrogen-bond donors (Lipinski definition) is 6. The highest BCUT2D eigenvalue weighted by Gasteiger charge is 2.36. The molecule has 20 heavy (non-hydrogen) atoms. The number of aliphatic hydroxyl groups excluding tert-OH is 5. The second kappa shape index (κ2) is 10.1. The van der Waals surface area contributed by atoms with Gasteiger partial charge in [-0.15, -0.1) is 0 Å². The Morgan fingerprint density at radius 2 is 1.40 bits per heavy atom. The van der Waals surface area contributed by atoms with E-state index in [9.17, 15) is 25.2 Å². The molecule has 0 aromatic rings. The van der Waals surface area contributed by atoms with Gasteiger partial charge in [0.25, 0.3) is 0 Å². The number of aliphatic hydroxyl groups is 5. The second-order valence-corrected chi connectivity index (χ2v) is 5.03. The van der Waals surface area contributed by atoms with Gasteiger partial charge in [0.15, 0.2) is 6.10 Å². The van der Waals surface area contributed by atoms with Crippen molar-refractivity contribution in [1.29, 1.82) is 0 Å². The van der Waals surface area contributed by atoms with Gasteiger partial charge in [0.1, 0.15) is 18.3 Å². The van der Waals surface area contributed by atoms with Gasteiger partial charge in [0, 0.05) is 0 Å². The van der Waals surface area contributed by atoms with E-state index >= 15 is 0 Å². The Morgan fingerprint density at radius 3 is 1.90 bits per heavy atom. The lowest BCUT2D eigenvalue weighted by Crippen LogP contribution is -2.51. The summed E-state index contributed by atoms with van der Waals surface area (Å²) in [5.41, 5.74) is 0. The lowest BCUT2D eigenvalue weighted by Gasteiger charge is -2.27. The predicted molar refractivity (Wildman–Crippen MR) is 71.0 cm³/mol. The summed E-state index contributed by atoms with van der Waals surface area (Å²) in [6.45, 7) is 2.07. The van der Waals surface area contributed by atoms with Crippen molar-refractivity contribution in [1.82, 2.24) is 0 Å². The molecule has 0 aliphatic carbocycles. The minimum Gasteiger partial charge on any atom is -0.479 e. The third-order valence-electron chi connectivity index (χ3n) is 3.27. The largest absolute Gasteiger partial charge is 0.479 e. The van der Waals surface area contributed by atoms with E-state index < -0.39 is 36.5 Å². The third kappa shape index (κ3) is 6.62. The van der Waals surface area contributed by atoms with Crippen LogP contribution in [-0.4, -0.2) is 67.1 Å². The molecule has 0 aromatic heterocycles. The van der Waals surface area contributed by atoms with Crippen LogP contribution in [0.15, 0.2) is 0 Å². The van der Waals surface area contributed by atoms with Crippen molar-refractivity contribution in [3.63, 3.8) is 0 Å². The summed E-state index contributed by atoms with van der Waals surface area (Å²) < 4.78 is 0. The number of carbonyl (C=O) groups is 1. The maximum atomic E-state index is 10.4. The second-order valence-electron chi connectivity index (χ2n) is 5.03. The molecule has 0 bridgehead atoms. The number of hydrogen-bond acceptors (Lipinski definition) is 6. The highest BCUT2D eigenvalue weighted by molar-refractivity contribution is 5.72. The van der Waals surface area contributed by atoms with Gasteiger partial charge in [0.05, 0.1) is 6.10 Å². The van der Waals surface area contributed by atoms with Crippen LogP contribution in [0.1, 0.15) is 45.4 Å². The molecule has 1 unspecified atom stereocenters. The maximum absolute atomic E-state index is 10.4. The van der Waals surface area contributed by atoms with Crippen LogP contribution in [0.5, 0.6) is 0 Å². The Morgan fingerprint density at radius 1 is 0.850 bits per heavy atom. The Hall–Kier alpha value is -0.730. The fourth-order valence-electron chi connectivity index (χ4n) is 1.89. The first kappa shape index (κ1) is 19.3. The summed E-state index contributed by atoms with van der Waals surface area (Å²) in [5.74, 6) is -1.71. The number of carboxylic acids is 1. The van der Waals surface area contributed by atoms with Crippen LogP contribution < -0.4 is 0 Å². The molecule has 0 radical (unpaired) electrons. The van der Waals surface area contributed by atoms with Crippen LogP contribution in [0.3, 0.4) is 0 Å². The molecule has 5 atom stereocenters. The van der Waals surface area contributed by atoms with Crippen molar-refractivity contribution in [3.8, 4) is 0 Å². The first-order chi connectivity index (χ1) is 9.32. The Balaban J connectivity index is 4.14. The molecule has 0 amide bonds. The minimum atomic E-state index is -2.21. The molecule has 0 spiro atoms. The highest BCUT2D eigenvalue weighted by Crippen LogP contribution is 2.14. The maximum Gasteiger partial charge on any atom is 0.335 e. The van der Waals surface area contributed by atoms with Crippen LogP contribution in [-0.2, 0) is 4.79 Å². The molecule has 0 rings (SSSR count). The van der Waals surface area contributed by atoms with Crippen LogP contribution in [0, 0.1) is 0 Å². The van der Waals surface area contributed by atoms with Gasteiger partial charge in [-0.2, -0.15) is 0 Å². The van der Waals surface area contributed by atoms with Crippen molar-refractivity contribution >= 4 is 5.97 Å². The van der Waals surface area contributed by atoms with E-state index in [0.717, 1.165) is 25.7 Å². The Bertz CT molecular complexity index is 271. The van der Waals surface area contributed by atoms with Gasteiger partial charge in [-0.1, -0.05) is 39.0 Å². The van der Waals surface area contributed by atoms with E-state index in [1.807, 2.05) is 0 Å². The number of carboxylic acid groups (broad SMARTS) is 1. The molecule has 0 aromatic carbocycles. The van der Waals surface area contributed by atoms with Gasteiger partial charge < -0.3 is 30.6 Å². The fourth-order valence-corrected chi connectivity index (χ4v) is 1.89. The summed E-state index contributed by atoms with van der Waals surface area (Å²) in [5, 5.41) is 55.7. The van der Waals surface area contributed by atoms with Crippen LogP contribution in [0.4, 0.5) is 0 Å².